The van der Waals surface area contributed by atoms with Gasteiger partial charge in [-0.25, -0.2) is 8.78 Å². The van der Waals surface area contributed by atoms with Gasteiger partial charge in [0.15, 0.2) is 11.6 Å². The molecule has 7 heteroatoms. The summed E-state index contributed by atoms with van der Waals surface area (Å²) in [7, 11) is 0. The first kappa shape index (κ1) is 22.4. The first-order chi connectivity index (χ1) is 15.5. The van der Waals surface area contributed by atoms with Crippen LogP contribution in [0.1, 0.15) is 21.5 Å². The van der Waals surface area contributed by atoms with Crippen LogP contribution in [0.25, 0.3) is 0 Å². The van der Waals surface area contributed by atoms with Crippen molar-refractivity contribution in [3.63, 3.8) is 0 Å². The minimum Gasteiger partial charge on any atom is -0.489 e. The molecular formula is C25H23BrF2N2O2. The molecule has 32 heavy (non-hydrogen) atoms. The molecule has 0 aromatic heterocycles. The van der Waals surface area contributed by atoms with Crippen molar-refractivity contribution in [1.82, 2.24) is 9.80 Å². The number of halogens is 3. The highest BCUT2D eigenvalue weighted by atomic mass is 79.9. The summed E-state index contributed by atoms with van der Waals surface area (Å²) in [4.78, 5) is 16.8. The van der Waals surface area contributed by atoms with Gasteiger partial charge in [0.2, 0.25) is 0 Å². The van der Waals surface area contributed by atoms with Gasteiger partial charge < -0.3 is 9.64 Å². The van der Waals surface area contributed by atoms with Crippen LogP contribution in [0.3, 0.4) is 0 Å². The van der Waals surface area contributed by atoms with E-state index in [2.05, 4.69) is 15.9 Å². The Morgan fingerprint density at radius 3 is 2.41 bits per heavy atom. The number of rotatable bonds is 6. The summed E-state index contributed by atoms with van der Waals surface area (Å²) in [6, 6.07) is 19.3. The fourth-order valence-corrected chi connectivity index (χ4v) is 3.96. The molecule has 0 unspecified atom stereocenters. The molecule has 1 aliphatic heterocycles. The van der Waals surface area contributed by atoms with Crippen LogP contribution in [0, 0.1) is 11.6 Å². The van der Waals surface area contributed by atoms with Gasteiger partial charge in [-0.3, -0.25) is 9.69 Å². The Morgan fingerprint density at radius 2 is 1.66 bits per heavy atom. The van der Waals surface area contributed by atoms with E-state index in [1.54, 1.807) is 17.0 Å². The lowest BCUT2D eigenvalue weighted by atomic mass is 10.1. The predicted molar refractivity (Wildman–Crippen MR) is 122 cm³/mol. The highest BCUT2D eigenvalue weighted by Gasteiger charge is 2.23. The fraction of sp³-hybridized carbons (Fsp3) is 0.240. The Balaban J connectivity index is 1.32. The maximum absolute atomic E-state index is 13.9. The van der Waals surface area contributed by atoms with Gasteiger partial charge in [0, 0.05) is 48.3 Å². The SMILES string of the molecule is O=C(c1cccc(COc2ccc(Br)cc2)c1)N1CCN(Cc2cccc(F)c2F)CC1. The second-order valence-electron chi connectivity index (χ2n) is 7.72. The first-order valence-corrected chi connectivity index (χ1v) is 11.2. The molecule has 0 atom stereocenters. The second kappa shape index (κ2) is 10.2. The molecule has 4 rings (SSSR count). The van der Waals surface area contributed by atoms with Gasteiger partial charge >= 0.3 is 0 Å². The van der Waals surface area contributed by atoms with Gasteiger partial charge in [-0.15, -0.1) is 0 Å². The standard InChI is InChI=1S/C25H23BrF2N2O2/c26-21-7-9-22(10-8-21)32-17-18-3-1-4-19(15-18)25(31)30-13-11-29(12-14-30)16-20-5-2-6-23(27)24(20)28/h1-10,15H,11-14,16-17H2. The highest BCUT2D eigenvalue weighted by Crippen LogP contribution is 2.19. The number of carbonyl (C=O) groups is 1. The third-order valence-corrected chi connectivity index (χ3v) is 6.01. The smallest absolute Gasteiger partial charge is 0.253 e. The minimum atomic E-state index is -0.833. The monoisotopic (exact) mass is 500 g/mol. The zero-order valence-electron chi connectivity index (χ0n) is 17.4. The summed E-state index contributed by atoms with van der Waals surface area (Å²) in [6.07, 6.45) is 0. The normalized spacial score (nSPS) is 14.4. The molecule has 4 nitrogen and oxygen atoms in total. The Kier molecular flexibility index (Phi) is 7.17. The van der Waals surface area contributed by atoms with Crippen molar-refractivity contribution in [3.8, 4) is 5.75 Å². The lowest BCUT2D eigenvalue weighted by Crippen LogP contribution is -2.48. The molecule has 1 heterocycles. The molecule has 0 aliphatic carbocycles. The number of ether oxygens (including phenoxy) is 1. The third kappa shape index (κ3) is 5.53. The maximum atomic E-state index is 13.9. The largest absolute Gasteiger partial charge is 0.489 e. The number of hydrogen-bond donors (Lipinski definition) is 0. The molecule has 1 saturated heterocycles. The van der Waals surface area contributed by atoms with Crippen molar-refractivity contribution in [2.75, 3.05) is 26.2 Å². The topological polar surface area (TPSA) is 32.8 Å². The maximum Gasteiger partial charge on any atom is 0.253 e. The van der Waals surface area contributed by atoms with E-state index in [4.69, 9.17) is 4.74 Å². The van der Waals surface area contributed by atoms with Crippen LogP contribution < -0.4 is 4.74 Å². The van der Waals surface area contributed by atoms with Crippen molar-refractivity contribution in [2.24, 2.45) is 0 Å². The van der Waals surface area contributed by atoms with Crippen molar-refractivity contribution < 1.29 is 18.3 Å². The van der Waals surface area contributed by atoms with Gasteiger partial charge in [0.05, 0.1) is 0 Å². The number of piperazine rings is 1. The second-order valence-corrected chi connectivity index (χ2v) is 8.64. The zero-order chi connectivity index (χ0) is 22.5. The molecule has 0 bridgehead atoms. The Labute approximate surface area is 194 Å². The van der Waals surface area contributed by atoms with E-state index in [1.165, 1.54) is 6.07 Å². The number of amides is 1. The zero-order valence-corrected chi connectivity index (χ0v) is 19.0. The van der Waals surface area contributed by atoms with Crippen LogP contribution in [0.15, 0.2) is 71.2 Å². The summed E-state index contributed by atoms with van der Waals surface area (Å²) < 4.78 is 34.2. The van der Waals surface area contributed by atoms with Gasteiger partial charge in [-0.2, -0.15) is 0 Å². The van der Waals surface area contributed by atoms with E-state index in [0.717, 1.165) is 21.9 Å². The number of hydrogen-bond acceptors (Lipinski definition) is 3. The van der Waals surface area contributed by atoms with Crippen molar-refractivity contribution >= 4 is 21.8 Å². The average molecular weight is 501 g/mol. The third-order valence-electron chi connectivity index (χ3n) is 5.48. The molecule has 0 spiro atoms. The van der Waals surface area contributed by atoms with Crippen LogP contribution in [0.5, 0.6) is 5.75 Å². The number of benzene rings is 3. The number of nitrogens with zero attached hydrogens (tertiary/aromatic N) is 2. The highest BCUT2D eigenvalue weighted by molar-refractivity contribution is 9.10. The summed E-state index contributed by atoms with van der Waals surface area (Å²) in [5, 5.41) is 0. The number of carbonyl (C=O) groups excluding carboxylic acids is 1. The summed E-state index contributed by atoms with van der Waals surface area (Å²) >= 11 is 3.40. The Morgan fingerprint density at radius 1 is 0.938 bits per heavy atom. The molecule has 3 aromatic carbocycles. The van der Waals surface area contributed by atoms with Gasteiger partial charge in [0.25, 0.3) is 5.91 Å². The van der Waals surface area contributed by atoms with E-state index in [-0.39, 0.29) is 5.91 Å². The molecule has 0 saturated carbocycles. The molecule has 0 radical (unpaired) electrons. The van der Waals surface area contributed by atoms with Crippen LogP contribution in [-0.4, -0.2) is 41.9 Å². The molecule has 0 N–H and O–H groups in total. The average Bonchev–Trinajstić information content (AvgIpc) is 2.82. The summed E-state index contributed by atoms with van der Waals surface area (Å²) in [5.41, 5.74) is 1.87. The Bertz CT molecular complexity index is 1080. The minimum absolute atomic E-state index is 0.0351. The summed E-state index contributed by atoms with van der Waals surface area (Å²) in [6.45, 7) is 2.98. The summed E-state index contributed by atoms with van der Waals surface area (Å²) in [5.74, 6) is -0.906. The van der Waals surface area contributed by atoms with Crippen LogP contribution in [0.2, 0.25) is 0 Å². The lowest BCUT2D eigenvalue weighted by Gasteiger charge is -2.35. The molecule has 3 aromatic rings. The van der Waals surface area contributed by atoms with Crippen molar-refractivity contribution in [1.29, 1.82) is 0 Å². The quantitative estimate of drug-likeness (QED) is 0.462. The molecule has 1 amide bonds. The first-order valence-electron chi connectivity index (χ1n) is 10.4. The molecule has 166 valence electrons. The molecular weight excluding hydrogens is 478 g/mol. The van der Waals surface area contributed by atoms with E-state index >= 15 is 0 Å². The lowest BCUT2D eigenvalue weighted by molar-refractivity contribution is 0.0626. The fourth-order valence-electron chi connectivity index (χ4n) is 3.69. The van der Waals surface area contributed by atoms with Gasteiger partial charge in [-0.1, -0.05) is 40.2 Å². The van der Waals surface area contributed by atoms with Crippen LogP contribution in [0.4, 0.5) is 8.78 Å². The van der Waals surface area contributed by atoms with Crippen LogP contribution >= 0.6 is 15.9 Å². The van der Waals surface area contributed by atoms with Crippen molar-refractivity contribution in [3.05, 3.63) is 99.5 Å². The van der Waals surface area contributed by atoms with E-state index in [1.807, 2.05) is 47.4 Å². The van der Waals surface area contributed by atoms with E-state index < -0.39 is 11.6 Å². The molecule has 1 fully saturated rings. The van der Waals surface area contributed by atoms with E-state index in [9.17, 15) is 13.6 Å². The van der Waals surface area contributed by atoms with Crippen LogP contribution in [-0.2, 0) is 13.2 Å². The van der Waals surface area contributed by atoms with E-state index in [0.29, 0.717) is 50.5 Å². The van der Waals surface area contributed by atoms with Crippen molar-refractivity contribution in [2.45, 2.75) is 13.2 Å². The Hall–Kier alpha value is -2.77. The predicted octanol–water partition coefficient (Wildman–Crippen LogP) is 5.26. The van der Waals surface area contributed by atoms with Gasteiger partial charge in [0.1, 0.15) is 12.4 Å². The molecule has 1 aliphatic rings. The van der Waals surface area contributed by atoms with Gasteiger partial charge in [-0.05, 0) is 48.0 Å².